The third-order valence-corrected chi connectivity index (χ3v) is 6.76. The number of para-hydroxylation sites is 1. The predicted octanol–water partition coefficient (Wildman–Crippen LogP) is 5.70. The highest BCUT2D eigenvalue weighted by atomic mass is 35.5. The summed E-state index contributed by atoms with van der Waals surface area (Å²) in [6, 6.07) is 16.7. The maximum absolute atomic E-state index is 13.4. The summed E-state index contributed by atoms with van der Waals surface area (Å²) in [6.45, 7) is 0.0822. The summed E-state index contributed by atoms with van der Waals surface area (Å²) in [5.74, 6) is -1.28. The molecular weight excluding hydrogens is 515 g/mol. The Morgan fingerprint density at radius 1 is 1.00 bits per heavy atom. The molecule has 0 radical (unpaired) electrons. The van der Waals surface area contributed by atoms with Crippen molar-refractivity contribution in [1.82, 2.24) is 4.90 Å². The van der Waals surface area contributed by atoms with Crippen LogP contribution < -0.4 is 14.4 Å². The van der Waals surface area contributed by atoms with Crippen LogP contribution in [0.25, 0.3) is 5.76 Å². The van der Waals surface area contributed by atoms with E-state index in [1.807, 2.05) is 61.5 Å². The lowest BCUT2D eigenvalue weighted by atomic mass is 9.94. The zero-order valence-corrected chi connectivity index (χ0v) is 22.3. The van der Waals surface area contributed by atoms with Crippen LogP contribution in [0.2, 0.25) is 10.0 Å². The molecule has 192 valence electrons. The zero-order valence-electron chi connectivity index (χ0n) is 20.8. The maximum Gasteiger partial charge on any atom is 0.295 e. The summed E-state index contributed by atoms with van der Waals surface area (Å²) in [7, 11) is 6.76. The van der Waals surface area contributed by atoms with Crippen molar-refractivity contribution < 1.29 is 24.2 Å². The van der Waals surface area contributed by atoms with Gasteiger partial charge in [0.05, 0.1) is 43.0 Å². The lowest BCUT2D eigenvalue weighted by molar-refractivity contribution is -0.140. The van der Waals surface area contributed by atoms with Crippen molar-refractivity contribution >= 4 is 46.3 Å². The minimum atomic E-state index is -0.886. The first-order valence-corrected chi connectivity index (χ1v) is 12.1. The molecule has 37 heavy (non-hydrogen) atoms. The van der Waals surface area contributed by atoms with Gasteiger partial charge in [-0.1, -0.05) is 53.5 Å². The van der Waals surface area contributed by atoms with Crippen molar-refractivity contribution in [1.29, 1.82) is 0 Å². The van der Waals surface area contributed by atoms with Crippen LogP contribution in [0.4, 0.5) is 5.69 Å². The fraction of sp³-hybridized carbons (Fsp3) is 0.214. The van der Waals surface area contributed by atoms with E-state index in [2.05, 4.69) is 0 Å². The van der Waals surface area contributed by atoms with Gasteiger partial charge in [0.25, 0.3) is 11.7 Å². The van der Waals surface area contributed by atoms with Gasteiger partial charge < -0.3 is 24.4 Å². The first kappa shape index (κ1) is 26.4. The van der Waals surface area contributed by atoms with Gasteiger partial charge in [-0.3, -0.25) is 9.59 Å². The summed E-state index contributed by atoms with van der Waals surface area (Å²) in [5.41, 5.74) is 2.33. The first-order valence-electron chi connectivity index (χ1n) is 11.4. The highest BCUT2D eigenvalue weighted by Crippen LogP contribution is 2.44. The van der Waals surface area contributed by atoms with Crippen LogP contribution in [0.1, 0.15) is 22.7 Å². The molecule has 3 aromatic rings. The van der Waals surface area contributed by atoms with Gasteiger partial charge in [-0.05, 0) is 35.9 Å². The van der Waals surface area contributed by atoms with Crippen molar-refractivity contribution in [2.45, 2.75) is 12.6 Å². The number of benzene rings is 3. The standard InChI is InChI=1S/C28H26Cl2N2O5/c1-31(2)19-11-9-16(10-12-19)24-23(25(33)20-13-18(29)14-21(30)27(20)37-4)26(34)28(35)32(24)15-17-7-5-6-8-22(17)36-3/h5-14,24,33H,15H2,1-4H3/b25-23+. The Morgan fingerprint density at radius 3 is 2.30 bits per heavy atom. The molecule has 3 aromatic carbocycles. The number of carbonyl (C=O) groups is 2. The average molecular weight is 541 g/mol. The Hall–Kier alpha value is -3.68. The second-order valence-corrected chi connectivity index (χ2v) is 9.54. The van der Waals surface area contributed by atoms with E-state index in [1.54, 1.807) is 13.2 Å². The lowest BCUT2D eigenvalue weighted by Gasteiger charge is -2.26. The summed E-state index contributed by atoms with van der Waals surface area (Å²) in [4.78, 5) is 30.2. The van der Waals surface area contributed by atoms with Crippen molar-refractivity contribution in [3.8, 4) is 11.5 Å². The average Bonchev–Trinajstić information content (AvgIpc) is 3.13. The number of anilines is 1. The molecule has 1 heterocycles. The molecule has 4 rings (SSSR count). The number of methoxy groups -OCH3 is 2. The Balaban J connectivity index is 1.93. The van der Waals surface area contributed by atoms with Gasteiger partial charge in [0.1, 0.15) is 17.3 Å². The fourth-order valence-electron chi connectivity index (χ4n) is 4.45. The number of likely N-dealkylation sites (tertiary alicyclic amines) is 1. The third kappa shape index (κ3) is 4.97. The summed E-state index contributed by atoms with van der Waals surface area (Å²) in [5, 5.41) is 11.9. The number of hydrogen-bond donors (Lipinski definition) is 1. The SMILES string of the molecule is COc1ccccc1CN1C(=O)C(=O)/C(=C(/O)c2cc(Cl)cc(Cl)c2OC)C1c1ccc(N(C)C)cc1. The maximum atomic E-state index is 13.4. The van der Waals surface area contributed by atoms with Crippen molar-refractivity contribution in [2.75, 3.05) is 33.2 Å². The van der Waals surface area contributed by atoms with E-state index in [0.29, 0.717) is 16.9 Å². The van der Waals surface area contributed by atoms with E-state index in [0.717, 1.165) is 5.69 Å². The summed E-state index contributed by atoms with van der Waals surface area (Å²) >= 11 is 12.5. The molecule has 0 bridgehead atoms. The number of hydrogen-bond acceptors (Lipinski definition) is 6. The number of ketones is 1. The van der Waals surface area contributed by atoms with Crippen LogP contribution in [0, 0.1) is 0 Å². The van der Waals surface area contributed by atoms with E-state index in [9.17, 15) is 14.7 Å². The molecule has 0 aromatic heterocycles. The highest BCUT2D eigenvalue weighted by molar-refractivity contribution is 6.46. The molecule has 1 saturated heterocycles. The fourth-order valence-corrected chi connectivity index (χ4v) is 5.02. The Bertz CT molecular complexity index is 1390. The number of carbonyl (C=O) groups excluding carboxylic acids is 2. The number of aliphatic hydroxyl groups excluding tert-OH is 1. The van der Waals surface area contributed by atoms with Gasteiger partial charge in [0.15, 0.2) is 0 Å². The molecule has 0 spiro atoms. The van der Waals surface area contributed by atoms with Crippen molar-refractivity contribution in [3.05, 3.63) is 93.0 Å². The topological polar surface area (TPSA) is 79.3 Å². The van der Waals surface area contributed by atoms with Gasteiger partial charge in [-0.15, -0.1) is 0 Å². The van der Waals surface area contributed by atoms with E-state index >= 15 is 0 Å². The zero-order chi connectivity index (χ0) is 26.9. The molecule has 1 atom stereocenters. The molecule has 1 unspecified atom stereocenters. The number of ether oxygens (including phenoxy) is 2. The molecule has 0 aliphatic carbocycles. The van der Waals surface area contributed by atoms with Crippen LogP contribution in [0.3, 0.4) is 0 Å². The number of amides is 1. The molecule has 1 fully saturated rings. The van der Waals surface area contributed by atoms with E-state index < -0.39 is 23.5 Å². The summed E-state index contributed by atoms with van der Waals surface area (Å²) in [6.07, 6.45) is 0. The van der Waals surface area contributed by atoms with Crippen LogP contribution in [-0.4, -0.2) is 50.0 Å². The highest BCUT2D eigenvalue weighted by Gasteiger charge is 2.46. The molecule has 9 heteroatoms. The Kier molecular flexibility index (Phi) is 7.66. The summed E-state index contributed by atoms with van der Waals surface area (Å²) < 4.78 is 10.9. The van der Waals surface area contributed by atoms with E-state index in [-0.39, 0.29) is 33.5 Å². The van der Waals surface area contributed by atoms with E-state index in [1.165, 1.54) is 24.1 Å². The second kappa shape index (κ2) is 10.7. The Labute approximate surface area is 225 Å². The minimum Gasteiger partial charge on any atom is -0.507 e. The molecule has 1 N–H and O–H groups in total. The third-order valence-electron chi connectivity index (χ3n) is 6.27. The number of aliphatic hydroxyl groups is 1. The largest absolute Gasteiger partial charge is 0.507 e. The predicted molar refractivity (Wildman–Crippen MR) is 145 cm³/mol. The van der Waals surface area contributed by atoms with Gasteiger partial charge in [-0.2, -0.15) is 0 Å². The quantitative estimate of drug-likeness (QED) is 0.235. The molecule has 0 saturated carbocycles. The van der Waals surface area contributed by atoms with Crippen LogP contribution in [0.5, 0.6) is 11.5 Å². The van der Waals surface area contributed by atoms with Gasteiger partial charge in [0.2, 0.25) is 0 Å². The van der Waals surface area contributed by atoms with Gasteiger partial charge in [-0.25, -0.2) is 0 Å². The molecule has 1 aliphatic heterocycles. The lowest BCUT2D eigenvalue weighted by Crippen LogP contribution is -2.29. The van der Waals surface area contributed by atoms with Crippen LogP contribution in [-0.2, 0) is 16.1 Å². The number of rotatable bonds is 7. The monoisotopic (exact) mass is 540 g/mol. The van der Waals surface area contributed by atoms with Crippen molar-refractivity contribution in [2.24, 2.45) is 0 Å². The number of nitrogens with zero attached hydrogens (tertiary/aromatic N) is 2. The number of Topliss-reactive ketones (excluding diaryl/α,β-unsaturated/α-hetero) is 1. The normalized spacial score (nSPS) is 16.7. The molecule has 1 amide bonds. The smallest absolute Gasteiger partial charge is 0.295 e. The minimum absolute atomic E-state index is 0.0822. The Morgan fingerprint density at radius 2 is 1.68 bits per heavy atom. The molecule has 1 aliphatic rings. The van der Waals surface area contributed by atoms with Crippen LogP contribution in [0.15, 0.2) is 66.2 Å². The van der Waals surface area contributed by atoms with E-state index in [4.69, 9.17) is 32.7 Å². The number of halogens is 2. The second-order valence-electron chi connectivity index (χ2n) is 8.69. The van der Waals surface area contributed by atoms with Gasteiger partial charge in [0, 0.05) is 30.4 Å². The molecule has 7 nitrogen and oxygen atoms in total. The molecular formula is C28H26Cl2N2O5. The van der Waals surface area contributed by atoms with Gasteiger partial charge >= 0.3 is 0 Å². The van der Waals surface area contributed by atoms with Crippen molar-refractivity contribution in [3.63, 3.8) is 0 Å². The first-order chi connectivity index (χ1) is 17.7. The van der Waals surface area contributed by atoms with Crippen LogP contribution >= 0.6 is 23.2 Å².